The summed E-state index contributed by atoms with van der Waals surface area (Å²) >= 11 is 0. The Kier molecular flexibility index (Phi) is 6.07. The number of nitrogens with zero attached hydrogens (tertiary/aromatic N) is 4. The summed E-state index contributed by atoms with van der Waals surface area (Å²) in [5.41, 5.74) is 2.03. The Labute approximate surface area is 167 Å². The Morgan fingerprint density at radius 1 is 1.07 bits per heavy atom. The Hall–Kier alpha value is -2.18. The monoisotopic (exact) mass is 382 g/mol. The van der Waals surface area contributed by atoms with Crippen LogP contribution in [-0.4, -0.2) is 63.9 Å². The first-order chi connectivity index (χ1) is 13.7. The summed E-state index contributed by atoms with van der Waals surface area (Å²) in [4.78, 5) is 17.5. The van der Waals surface area contributed by atoms with E-state index in [-0.39, 0.29) is 5.91 Å². The maximum atomic E-state index is 12.8. The van der Waals surface area contributed by atoms with E-state index in [9.17, 15) is 4.79 Å². The normalized spacial score (nSPS) is 19.3. The Morgan fingerprint density at radius 3 is 2.39 bits per heavy atom. The van der Waals surface area contributed by atoms with Crippen LogP contribution in [0.25, 0.3) is 0 Å². The molecule has 1 aromatic carbocycles. The molecular weight excluding hydrogens is 352 g/mol. The highest BCUT2D eigenvalue weighted by molar-refractivity contribution is 5.92. The first-order valence-electron chi connectivity index (χ1n) is 10.4. The van der Waals surface area contributed by atoms with Gasteiger partial charge in [-0.3, -0.25) is 14.4 Å². The number of hydrogen-bond acceptors (Lipinski definition) is 4. The molecule has 6 nitrogen and oxygen atoms in total. The first kappa shape index (κ1) is 19.2. The molecule has 1 aromatic heterocycles. The van der Waals surface area contributed by atoms with Gasteiger partial charge in [0.25, 0.3) is 5.91 Å². The summed E-state index contributed by atoms with van der Waals surface area (Å²) in [6, 6.07) is 13.6. The molecule has 0 aliphatic carbocycles. The molecule has 0 atom stereocenters. The van der Waals surface area contributed by atoms with E-state index >= 15 is 0 Å². The lowest BCUT2D eigenvalue weighted by Crippen LogP contribution is -2.51. The molecule has 1 amide bonds. The topological polar surface area (TPSA) is 50.6 Å². The number of aromatic nitrogens is 2. The number of piperidine rings is 1. The van der Waals surface area contributed by atoms with Gasteiger partial charge in [-0.15, -0.1) is 0 Å². The maximum Gasteiger partial charge on any atom is 0.272 e. The van der Waals surface area contributed by atoms with Crippen molar-refractivity contribution in [3.63, 3.8) is 0 Å². The lowest BCUT2D eigenvalue weighted by molar-refractivity contribution is -0.00158. The molecule has 0 spiro atoms. The van der Waals surface area contributed by atoms with E-state index < -0.39 is 0 Å². The Balaban J connectivity index is 1.43. The summed E-state index contributed by atoms with van der Waals surface area (Å²) < 4.78 is 7.27. The number of rotatable bonds is 5. The molecule has 0 saturated carbocycles. The zero-order valence-corrected chi connectivity index (χ0v) is 16.7. The molecule has 2 aromatic rings. The predicted octanol–water partition coefficient (Wildman–Crippen LogP) is 2.71. The molecule has 2 aliphatic heterocycles. The molecule has 3 heterocycles. The second-order valence-electron chi connectivity index (χ2n) is 7.86. The highest BCUT2D eigenvalue weighted by Crippen LogP contribution is 2.26. The van der Waals surface area contributed by atoms with Gasteiger partial charge in [-0.05, 0) is 37.3 Å². The van der Waals surface area contributed by atoms with Gasteiger partial charge >= 0.3 is 0 Å². The third-order valence-corrected chi connectivity index (χ3v) is 6.13. The molecule has 0 radical (unpaired) electrons. The van der Waals surface area contributed by atoms with Crippen LogP contribution in [0.5, 0.6) is 0 Å². The third-order valence-electron chi connectivity index (χ3n) is 6.13. The van der Waals surface area contributed by atoms with Crippen LogP contribution < -0.4 is 0 Å². The van der Waals surface area contributed by atoms with E-state index in [1.807, 2.05) is 11.9 Å². The van der Waals surface area contributed by atoms with Crippen LogP contribution in [0.1, 0.15) is 41.7 Å². The minimum absolute atomic E-state index is 0.0964. The average Bonchev–Trinajstić information content (AvgIpc) is 3.19. The van der Waals surface area contributed by atoms with E-state index in [2.05, 4.69) is 40.3 Å². The SMILES string of the molecule is Cn1nccc1C(=O)N1CCC(N(Cc2ccccc2)C2CCOCC2)CC1. The lowest BCUT2D eigenvalue weighted by Gasteiger charge is -2.43. The second kappa shape index (κ2) is 8.88. The van der Waals surface area contributed by atoms with Crippen LogP contribution in [-0.2, 0) is 18.3 Å². The first-order valence-corrected chi connectivity index (χ1v) is 10.4. The summed E-state index contributed by atoms with van der Waals surface area (Å²) in [7, 11) is 1.83. The smallest absolute Gasteiger partial charge is 0.272 e. The van der Waals surface area contributed by atoms with Crippen molar-refractivity contribution in [2.75, 3.05) is 26.3 Å². The number of amides is 1. The second-order valence-corrected chi connectivity index (χ2v) is 7.86. The average molecular weight is 383 g/mol. The fraction of sp³-hybridized carbons (Fsp3) is 0.545. The van der Waals surface area contributed by atoms with Crippen molar-refractivity contribution in [2.24, 2.45) is 7.05 Å². The van der Waals surface area contributed by atoms with Gasteiger partial charge in [0.2, 0.25) is 0 Å². The standard InChI is InChI=1S/C22H30N4O2/c1-24-21(7-12-23-24)22(27)25-13-8-19(9-14-25)26(20-10-15-28-16-11-20)17-18-5-3-2-4-6-18/h2-7,12,19-20H,8-11,13-17H2,1H3. The van der Waals surface area contributed by atoms with Crippen molar-refractivity contribution >= 4 is 5.91 Å². The molecule has 6 heteroatoms. The Bertz CT molecular complexity index is 762. The summed E-state index contributed by atoms with van der Waals surface area (Å²) in [5, 5.41) is 4.13. The quantitative estimate of drug-likeness (QED) is 0.798. The van der Waals surface area contributed by atoms with Crippen molar-refractivity contribution in [1.82, 2.24) is 19.6 Å². The van der Waals surface area contributed by atoms with Gasteiger partial charge in [0.05, 0.1) is 0 Å². The molecule has 150 valence electrons. The number of benzene rings is 1. The van der Waals surface area contributed by atoms with Gasteiger partial charge in [0.1, 0.15) is 5.69 Å². The molecular formula is C22H30N4O2. The van der Waals surface area contributed by atoms with E-state index in [0.29, 0.717) is 17.8 Å². The van der Waals surface area contributed by atoms with Crippen LogP contribution >= 0.6 is 0 Å². The van der Waals surface area contributed by atoms with Crippen molar-refractivity contribution in [3.05, 3.63) is 53.9 Å². The minimum atomic E-state index is 0.0964. The highest BCUT2D eigenvalue weighted by Gasteiger charge is 2.32. The number of carbonyl (C=O) groups is 1. The summed E-state index contributed by atoms with van der Waals surface area (Å²) in [5.74, 6) is 0.0964. The van der Waals surface area contributed by atoms with Crippen molar-refractivity contribution in [1.29, 1.82) is 0 Å². The van der Waals surface area contributed by atoms with Crippen LogP contribution in [0, 0.1) is 0 Å². The van der Waals surface area contributed by atoms with Crippen molar-refractivity contribution < 1.29 is 9.53 Å². The van der Waals surface area contributed by atoms with Crippen molar-refractivity contribution in [2.45, 2.75) is 44.3 Å². The molecule has 0 bridgehead atoms. The van der Waals surface area contributed by atoms with E-state index in [1.54, 1.807) is 16.9 Å². The van der Waals surface area contributed by atoms with Crippen LogP contribution in [0.2, 0.25) is 0 Å². The van der Waals surface area contributed by atoms with E-state index in [0.717, 1.165) is 58.5 Å². The molecule has 4 rings (SSSR count). The molecule has 2 saturated heterocycles. The zero-order chi connectivity index (χ0) is 19.3. The number of likely N-dealkylation sites (tertiary alicyclic amines) is 1. The van der Waals surface area contributed by atoms with E-state index in [1.165, 1.54) is 5.56 Å². The Morgan fingerprint density at radius 2 is 1.75 bits per heavy atom. The number of hydrogen-bond donors (Lipinski definition) is 0. The summed E-state index contributed by atoms with van der Waals surface area (Å²) in [6.45, 7) is 4.31. The highest BCUT2D eigenvalue weighted by atomic mass is 16.5. The minimum Gasteiger partial charge on any atom is -0.381 e. The predicted molar refractivity (Wildman–Crippen MR) is 108 cm³/mol. The number of carbonyl (C=O) groups excluding carboxylic acids is 1. The molecule has 0 N–H and O–H groups in total. The van der Waals surface area contributed by atoms with Gasteiger partial charge < -0.3 is 9.64 Å². The number of ether oxygens (including phenoxy) is 1. The molecule has 0 unspecified atom stereocenters. The van der Waals surface area contributed by atoms with E-state index in [4.69, 9.17) is 4.74 Å². The van der Waals surface area contributed by atoms with Crippen LogP contribution in [0.3, 0.4) is 0 Å². The van der Waals surface area contributed by atoms with Gasteiger partial charge in [-0.1, -0.05) is 30.3 Å². The largest absolute Gasteiger partial charge is 0.381 e. The zero-order valence-electron chi connectivity index (χ0n) is 16.7. The van der Waals surface area contributed by atoms with Crippen molar-refractivity contribution in [3.8, 4) is 0 Å². The molecule has 2 aliphatic rings. The third kappa shape index (κ3) is 4.28. The lowest BCUT2D eigenvalue weighted by atomic mass is 9.96. The van der Waals surface area contributed by atoms with Gasteiger partial charge in [-0.25, -0.2) is 0 Å². The fourth-order valence-corrected chi connectivity index (χ4v) is 4.51. The number of aryl methyl sites for hydroxylation is 1. The maximum absolute atomic E-state index is 12.8. The molecule has 2 fully saturated rings. The van der Waals surface area contributed by atoms with Crippen LogP contribution in [0.4, 0.5) is 0 Å². The fourth-order valence-electron chi connectivity index (χ4n) is 4.51. The van der Waals surface area contributed by atoms with Crippen LogP contribution in [0.15, 0.2) is 42.6 Å². The summed E-state index contributed by atoms with van der Waals surface area (Å²) in [6.07, 6.45) is 5.93. The van der Waals surface area contributed by atoms with Gasteiger partial charge in [0, 0.05) is 58.2 Å². The molecule has 28 heavy (non-hydrogen) atoms. The van der Waals surface area contributed by atoms with Gasteiger partial charge in [0.15, 0.2) is 0 Å². The van der Waals surface area contributed by atoms with Gasteiger partial charge in [-0.2, -0.15) is 5.10 Å².